The predicted molar refractivity (Wildman–Crippen MR) is 75.1 cm³/mol. The fraction of sp³-hybridized carbons (Fsp3) is 0.0909. The lowest BCUT2D eigenvalue weighted by Gasteiger charge is -2.05. The van der Waals surface area contributed by atoms with Crippen LogP contribution < -0.4 is 5.32 Å². The summed E-state index contributed by atoms with van der Waals surface area (Å²) in [6.45, 7) is 0.257. The first-order chi connectivity index (χ1) is 8.25. The molecule has 4 nitrogen and oxygen atoms in total. The number of anilines is 1. The van der Waals surface area contributed by atoms with Crippen LogP contribution in [-0.2, 0) is 11.3 Å². The Morgan fingerprint density at radius 2 is 2.18 bits per heavy atom. The molecule has 0 aliphatic rings. The number of hydrogen-bond donors (Lipinski definition) is 1. The van der Waals surface area contributed by atoms with Crippen molar-refractivity contribution in [3.05, 3.63) is 44.8 Å². The van der Waals surface area contributed by atoms with Crippen molar-refractivity contribution in [2.75, 3.05) is 5.32 Å². The first-order valence-electron chi connectivity index (χ1n) is 4.83. The maximum absolute atomic E-state index is 11.5. The molecular formula is C11H9IN2O2S. The Hall–Kier alpha value is -1.15. The van der Waals surface area contributed by atoms with E-state index in [4.69, 9.17) is 4.74 Å². The number of halogens is 1. The number of benzene rings is 1. The van der Waals surface area contributed by atoms with Gasteiger partial charge >= 0.3 is 6.09 Å². The van der Waals surface area contributed by atoms with Crippen molar-refractivity contribution in [1.29, 1.82) is 0 Å². The molecule has 1 amide bonds. The van der Waals surface area contributed by atoms with Gasteiger partial charge in [0.1, 0.15) is 6.61 Å². The molecule has 1 aromatic heterocycles. The molecule has 2 aromatic rings. The van der Waals surface area contributed by atoms with Gasteiger partial charge in [-0.15, -0.1) is 0 Å². The first kappa shape index (κ1) is 12.3. The molecule has 17 heavy (non-hydrogen) atoms. The Balaban J connectivity index is 1.85. The summed E-state index contributed by atoms with van der Waals surface area (Å²) in [5.74, 6) is 0.550. The molecule has 0 atom stereocenters. The highest BCUT2D eigenvalue weighted by Crippen LogP contribution is 2.18. The third-order valence-corrected chi connectivity index (χ3v) is 3.83. The van der Waals surface area contributed by atoms with Crippen LogP contribution in [0.5, 0.6) is 0 Å². The van der Waals surface area contributed by atoms with Crippen LogP contribution in [0.2, 0.25) is 0 Å². The molecule has 6 heteroatoms. The van der Waals surface area contributed by atoms with Gasteiger partial charge in [0.15, 0.2) is 5.82 Å². The normalized spacial score (nSPS) is 9.94. The van der Waals surface area contributed by atoms with Gasteiger partial charge in [-0.05, 0) is 39.7 Å². The van der Waals surface area contributed by atoms with E-state index >= 15 is 0 Å². The Morgan fingerprint density at radius 1 is 1.41 bits per heavy atom. The molecule has 0 bridgehead atoms. The summed E-state index contributed by atoms with van der Waals surface area (Å²) in [6.07, 6.45) is -0.488. The minimum atomic E-state index is -0.488. The summed E-state index contributed by atoms with van der Waals surface area (Å²) in [6, 6.07) is 9.53. The lowest BCUT2D eigenvalue weighted by molar-refractivity contribution is 0.155. The Labute approximate surface area is 116 Å². The molecule has 88 valence electrons. The zero-order valence-corrected chi connectivity index (χ0v) is 11.7. The fourth-order valence-corrected chi connectivity index (χ4v) is 2.43. The van der Waals surface area contributed by atoms with E-state index in [2.05, 4.69) is 32.3 Å². The standard InChI is InChI=1S/C11H9IN2O2S/c12-9-7-17-14-10(9)13-11(15)16-6-8-4-2-1-3-5-8/h1-5,7H,6H2,(H,13,14,15). The van der Waals surface area contributed by atoms with Gasteiger partial charge in [-0.3, -0.25) is 5.32 Å². The van der Waals surface area contributed by atoms with Gasteiger partial charge in [-0.25, -0.2) is 4.79 Å². The average Bonchev–Trinajstić information content (AvgIpc) is 2.74. The van der Waals surface area contributed by atoms with Crippen LogP contribution in [-0.4, -0.2) is 10.5 Å². The molecule has 0 radical (unpaired) electrons. The van der Waals surface area contributed by atoms with Crippen LogP contribution in [0.1, 0.15) is 5.56 Å². The summed E-state index contributed by atoms with van der Waals surface area (Å²) < 4.78 is 10.0. The van der Waals surface area contributed by atoms with E-state index in [1.54, 1.807) is 0 Å². The van der Waals surface area contributed by atoms with Crippen LogP contribution in [0.25, 0.3) is 0 Å². The number of carbonyl (C=O) groups excluding carboxylic acids is 1. The van der Waals surface area contributed by atoms with Crippen LogP contribution in [0.3, 0.4) is 0 Å². The van der Waals surface area contributed by atoms with Gasteiger partial charge in [-0.2, -0.15) is 4.37 Å². The fourth-order valence-electron chi connectivity index (χ4n) is 1.16. The highest BCUT2D eigenvalue weighted by Gasteiger charge is 2.08. The molecule has 1 heterocycles. The second-order valence-electron chi connectivity index (χ2n) is 3.20. The SMILES string of the molecule is O=C(Nc1nscc1I)OCc1ccccc1. The summed E-state index contributed by atoms with van der Waals surface area (Å²) in [5, 5.41) is 4.45. The highest BCUT2D eigenvalue weighted by atomic mass is 127. The molecule has 0 saturated heterocycles. The molecule has 0 spiro atoms. The molecule has 0 aliphatic carbocycles. The monoisotopic (exact) mass is 360 g/mol. The van der Waals surface area contributed by atoms with E-state index < -0.39 is 6.09 Å². The summed E-state index contributed by atoms with van der Waals surface area (Å²) in [4.78, 5) is 11.5. The molecule has 0 aliphatic heterocycles. The summed E-state index contributed by atoms with van der Waals surface area (Å²) in [7, 11) is 0. The molecule has 0 saturated carbocycles. The van der Waals surface area contributed by atoms with Gasteiger partial charge in [0.05, 0.1) is 3.57 Å². The predicted octanol–water partition coefficient (Wildman–Crippen LogP) is 3.50. The minimum absolute atomic E-state index is 0.257. The second-order valence-corrected chi connectivity index (χ2v) is 4.99. The Bertz CT molecular complexity index is 501. The summed E-state index contributed by atoms with van der Waals surface area (Å²) >= 11 is 3.40. The second kappa shape index (κ2) is 5.97. The molecule has 1 aromatic carbocycles. The number of carbonyl (C=O) groups is 1. The number of hydrogen-bond acceptors (Lipinski definition) is 4. The van der Waals surface area contributed by atoms with E-state index in [1.807, 2.05) is 35.7 Å². The van der Waals surface area contributed by atoms with Gasteiger partial charge in [0.25, 0.3) is 0 Å². The molecule has 2 rings (SSSR count). The third kappa shape index (κ3) is 3.67. The van der Waals surface area contributed by atoms with Gasteiger partial charge in [-0.1, -0.05) is 30.3 Å². The van der Waals surface area contributed by atoms with E-state index in [9.17, 15) is 4.79 Å². The van der Waals surface area contributed by atoms with Crippen molar-refractivity contribution in [3.8, 4) is 0 Å². The van der Waals surface area contributed by atoms with Crippen LogP contribution >= 0.6 is 34.1 Å². The maximum Gasteiger partial charge on any atom is 0.413 e. The Morgan fingerprint density at radius 3 is 2.82 bits per heavy atom. The number of amides is 1. The average molecular weight is 360 g/mol. The van der Waals surface area contributed by atoms with Crippen molar-refractivity contribution in [2.45, 2.75) is 6.61 Å². The first-order valence-corrected chi connectivity index (χ1v) is 6.75. The topological polar surface area (TPSA) is 51.2 Å². The number of nitrogens with one attached hydrogen (secondary N) is 1. The Kier molecular flexibility index (Phi) is 4.32. The van der Waals surface area contributed by atoms with E-state index in [0.29, 0.717) is 5.82 Å². The number of aromatic nitrogens is 1. The van der Waals surface area contributed by atoms with Gasteiger partial charge < -0.3 is 4.74 Å². The molecule has 1 N–H and O–H groups in total. The van der Waals surface area contributed by atoms with E-state index in [1.165, 1.54) is 11.5 Å². The largest absolute Gasteiger partial charge is 0.444 e. The highest BCUT2D eigenvalue weighted by molar-refractivity contribution is 14.1. The number of nitrogens with zero attached hydrogens (tertiary/aromatic N) is 1. The van der Waals surface area contributed by atoms with Crippen molar-refractivity contribution < 1.29 is 9.53 Å². The molecule has 0 unspecified atom stereocenters. The van der Waals surface area contributed by atoms with Gasteiger partial charge in [0, 0.05) is 5.38 Å². The number of rotatable bonds is 3. The lowest BCUT2D eigenvalue weighted by Crippen LogP contribution is -2.14. The molecular weight excluding hydrogens is 351 g/mol. The van der Waals surface area contributed by atoms with E-state index in [-0.39, 0.29) is 6.61 Å². The van der Waals surface area contributed by atoms with Crippen LogP contribution in [0.15, 0.2) is 35.7 Å². The van der Waals surface area contributed by atoms with E-state index in [0.717, 1.165) is 9.13 Å². The lowest BCUT2D eigenvalue weighted by atomic mass is 10.2. The van der Waals surface area contributed by atoms with Crippen LogP contribution in [0, 0.1) is 3.57 Å². The molecule has 0 fully saturated rings. The van der Waals surface area contributed by atoms with Gasteiger partial charge in [0.2, 0.25) is 0 Å². The van der Waals surface area contributed by atoms with Crippen molar-refractivity contribution in [3.63, 3.8) is 0 Å². The smallest absolute Gasteiger partial charge is 0.413 e. The van der Waals surface area contributed by atoms with Crippen molar-refractivity contribution in [1.82, 2.24) is 4.37 Å². The zero-order chi connectivity index (χ0) is 12.1. The third-order valence-electron chi connectivity index (χ3n) is 1.96. The quantitative estimate of drug-likeness (QED) is 0.853. The van der Waals surface area contributed by atoms with Crippen molar-refractivity contribution in [2.24, 2.45) is 0 Å². The van der Waals surface area contributed by atoms with Crippen molar-refractivity contribution >= 4 is 46.0 Å². The van der Waals surface area contributed by atoms with Crippen LogP contribution in [0.4, 0.5) is 10.6 Å². The maximum atomic E-state index is 11.5. The number of ether oxygens (including phenoxy) is 1. The zero-order valence-electron chi connectivity index (χ0n) is 8.72. The summed E-state index contributed by atoms with van der Waals surface area (Å²) in [5.41, 5.74) is 0.954. The minimum Gasteiger partial charge on any atom is -0.444 e.